The molecule has 0 amide bonds. The highest BCUT2D eigenvalue weighted by Gasteiger charge is 2.19. The third kappa shape index (κ3) is 47.9. The number of hydrogen-bond donors (Lipinski definition) is 0. The molecule has 0 N–H and O–H groups in total. The van der Waals surface area contributed by atoms with Gasteiger partial charge in [-0.15, -0.1) is 0 Å². The molecule has 6 nitrogen and oxygen atoms in total. The van der Waals surface area contributed by atoms with Crippen LogP contribution >= 0.6 is 0 Å². The van der Waals surface area contributed by atoms with Gasteiger partial charge in [0.25, 0.3) is 0 Å². The summed E-state index contributed by atoms with van der Waals surface area (Å²) in [6.45, 7) is 11.4. The molecule has 0 bridgehead atoms. The van der Waals surface area contributed by atoms with Gasteiger partial charge in [0.05, 0.1) is 0 Å². The molecule has 0 aromatic heterocycles. The highest BCUT2D eigenvalue weighted by atomic mass is 16.6. The molecule has 0 aliphatic carbocycles. The summed E-state index contributed by atoms with van der Waals surface area (Å²) in [7, 11) is 0. The van der Waals surface area contributed by atoms with Crippen molar-refractivity contribution < 1.29 is 28.6 Å². The molecule has 0 heterocycles. The maximum atomic E-state index is 12.8. The normalized spacial score (nSPS) is 12.5. The minimum absolute atomic E-state index is 0.0641. The van der Waals surface area contributed by atoms with Crippen LogP contribution in [0.3, 0.4) is 0 Å². The van der Waals surface area contributed by atoms with Crippen molar-refractivity contribution in [3.8, 4) is 0 Å². The summed E-state index contributed by atoms with van der Waals surface area (Å²) in [4.78, 5) is 38.0. The van der Waals surface area contributed by atoms with Crippen LogP contribution in [-0.4, -0.2) is 37.2 Å². The first-order valence-corrected chi connectivity index (χ1v) is 27.8. The minimum Gasteiger partial charge on any atom is -0.462 e. The Kier molecular flexibility index (Phi) is 47.6. The van der Waals surface area contributed by atoms with E-state index in [1.165, 1.54) is 199 Å². The first-order chi connectivity index (χ1) is 30.3. The second-order valence-electron chi connectivity index (χ2n) is 19.9. The number of rotatable bonds is 50. The maximum Gasteiger partial charge on any atom is 0.306 e. The summed E-state index contributed by atoms with van der Waals surface area (Å²) in [5, 5.41) is 0. The first-order valence-electron chi connectivity index (χ1n) is 27.8. The molecule has 1 unspecified atom stereocenters. The van der Waals surface area contributed by atoms with Crippen molar-refractivity contribution in [3.05, 3.63) is 0 Å². The molecule has 0 aromatic rings. The fourth-order valence-corrected chi connectivity index (χ4v) is 8.49. The fourth-order valence-electron chi connectivity index (χ4n) is 8.49. The Labute approximate surface area is 387 Å². The minimum atomic E-state index is -0.763. The van der Waals surface area contributed by atoms with Crippen molar-refractivity contribution in [2.45, 2.75) is 317 Å². The fraction of sp³-hybridized carbons (Fsp3) is 0.946. The van der Waals surface area contributed by atoms with Gasteiger partial charge in [-0.2, -0.15) is 0 Å². The number of hydrogen-bond acceptors (Lipinski definition) is 6. The zero-order valence-corrected chi connectivity index (χ0v) is 42.5. The predicted octanol–water partition coefficient (Wildman–Crippen LogP) is 18.1. The SMILES string of the molecule is CCCCCCCCCCCCCCCCCCCC(=O)OC[C@@H](COC(=O)CCCCCCCCCCCCCCCCC(C)C)OC(=O)CCCCCCCCC(C)CC. The van der Waals surface area contributed by atoms with Crippen LogP contribution in [0.2, 0.25) is 0 Å². The smallest absolute Gasteiger partial charge is 0.306 e. The van der Waals surface area contributed by atoms with Crippen molar-refractivity contribution in [3.63, 3.8) is 0 Å². The molecule has 0 saturated carbocycles. The van der Waals surface area contributed by atoms with E-state index in [2.05, 4.69) is 34.6 Å². The lowest BCUT2D eigenvalue weighted by Crippen LogP contribution is -2.30. The number of carbonyl (C=O) groups is 3. The third-order valence-corrected chi connectivity index (χ3v) is 13.1. The van der Waals surface area contributed by atoms with Crippen LogP contribution in [-0.2, 0) is 28.6 Å². The van der Waals surface area contributed by atoms with Crippen molar-refractivity contribution in [2.75, 3.05) is 13.2 Å². The van der Waals surface area contributed by atoms with E-state index >= 15 is 0 Å². The Morgan fingerprint density at radius 1 is 0.339 bits per heavy atom. The molecule has 0 aromatic carbocycles. The second-order valence-corrected chi connectivity index (χ2v) is 19.9. The highest BCUT2D eigenvalue weighted by Crippen LogP contribution is 2.18. The molecular weight excluding hydrogens is 769 g/mol. The summed E-state index contributed by atoms with van der Waals surface area (Å²) < 4.78 is 16.8. The van der Waals surface area contributed by atoms with Gasteiger partial charge in [-0.3, -0.25) is 14.4 Å². The van der Waals surface area contributed by atoms with Crippen LogP contribution < -0.4 is 0 Å². The topological polar surface area (TPSA) is 78.9 Å². The summed E-state index contributed by atoms with van der Waals surface area (Å²) in [5.74, 6) is 0.808. The lowest BCUT2D eigenvalue weighted by atomic mass is 10.00. The average Bonchev–Trinajstić information content (AvgIpc) is 3.26. The average molecular weight is 877 g/mol. The molecule has 0 rings (SSSR count). The lowest BCUT2D eigenvalue weighted by Gasteiger charge is -2.18. The lowest BCUT2D eigenvalue weighted by molar-refractivity contribution is -0.167. The number of ether oxygens (including phenoxy) is 3. The summed E-state index contributed by atoms with van der Waals surface area (Å²) in [5.41, 5.74) is 0. The van der Waals surface area contributed by atoms with Gasteiger partial charge in [0.2, 0.25) is 0 Å². The van der Waals surface area contributed by atoms with E-state index in [0.29, 0.717) is 19.3 Å². The van der Waals surface area contributed by atoms with Gasteiger partial charge < -0.3 is 14.2 Å². The monoisotopic (exact) mass is 877 g/mol. The Morgan fingerprint density at radius 3 is 0.919 bits per heavy atom. The number of esters is 3. The molecule has 0 saturated heterocycles. The standard InChI is InChI=1S/C56H108O6/c1-6-8-9-10-11-12-13-14-15-16-17-21-24-27-30-36-41-46-54(57)60-49-53(62-56(59)48-43-38-33-32-35-40-45-52(5)7-2)50-61-55(58)47-42-37-31-28-25-22-19-18-20-23-26-29-34-39-44-51(3)4/h51-53H,6-50H2,1-5H3/t52?,53-/m0/s1. The van der Waals surface area contributed by atoms with E-state index in [4.69, 9.17) is 14.2 Å². The van der Waals surface area contributed by atoms with Crippen LogP contribution in [0.5, 0.6) is 0 Å². The number of carbonyl (C=O) groups excluding carboxylic acids is 3. The summed E-state index contributed by atoms with van der Waals surface area (Å²) >= 11 is 0. The molecule has 0 aliphatic heterocycles. The quantitative estimate of drug-likeness (QED) is 0.0344. The van der Waals surface area contributed by atoms with Crippen LogP contribution in [0.15, 0.2) is 0 Å². The van der Waals surface area contributed by atoms with Crippen molar-refractivity contribution in [2.24, 2.45) is 11.8 Å². The van der Waals surface area contributed by atoms with Gasteiger partial charge in [0.15, 0.2) is 6.10 Å². The maximum absolute atomic E-state index is 12.8. The first kappa shape index (κ1) is 60.4. The molecule has 2 atom stereocenters. The van der Waals surface area contributed by atoms with Gasteiger partial charge in [0, 0.05) is 19.3 Å². The zero-order chi connectivity index (χ0) is 45.4. The van der Waals surface area contributed by atoms with Gasteiger partial charge in [0.1, 0.15) is 13.2 Å². The largest absolute Gasteiger partial charge is 0.462 e. The van der Waals surface area contributed by atoms with Crippen molar-refractivity contribution in [1.82, 2.24) is 0 Å². The van der Waals surface area contributed by atoms with Gasteiger partial charge in [-0.05, 0) is 31.1 Å². The Bertz CT molecular complexity index is 949. The van der Waals surface area contributed by atoms with Crippen LogP contribution in [0, 0.1) is 11.8 Å². The van der Waals surface area contributed by atoms with Crippen molar-refractivity contribution >= 4 is 17.9 Å². The van der Waals surface area contributed by atoms with Crippen LogP contribution in [0.1, 0.15) is 311 Å². The Morgan fingerprint density at radius 2 is 0.613 bits per heavy atom. The number of unbranched alkanes of at least 4 members (excludes halogenated alkanes) is 34. The summed E-state index contributed by atoms with van der Waals surface area (Å²) in [6.07, 6.45) is 51.0. The molecule has 0 aliphatic rings. The molecule has 6 heteroatoms. The summed E-state index contributed by atoms with van der Waals surface area (Å²) in [6, 6.07) is 0. The Hall–Kier alpha value is -1.59. The highest BCUT2D eigenvalue weighted by molar-refractivity contribution is 5.71. The molecule has 62 heavy (non-hydrogen) atoms. The zero-order valence-electron chi connectivity index (χ0n) is 42.5. The molecule has 0 radical (unpaired) electrons. The van der Waals surface area contributed by atoms with E-state index < -0.39 is 6.10 Å². The second kappa shape index (κ2) is 48.9. The Balaban J connectivity index is 4.24. The van der Waals surface area contributed by atoms with E-state index in [1.807, 2.05) is 0 Å². The van der Waals surface area contributed by atoms with E-state index in [0.717, 1.165) is 69.6 Å². The van der Waals surface area contributed by atoms with Crippen LogP contribution in [0.25, 0.3) is 0 Å². The van der Waals surface area contributed by atoms with Crippen LogP contribution in [0.4, 0.5) is 0 Å². The predicted molar refractivity (Wildman–Crippen MR) is 266 cm³/mol. The third-order valence-electron chi connectivity index (χ3n) is 13.1. The van der Waals surface area contributed by atoms with Gasteiger partial charge in [-0.25, -0.2) is 0 Å². The van der Waals surface area contributed by atoms with E-state index in [-0.39, 0.29) is 31.1 Å². The van der Waals surface area contributed by atoms with Gasteiger partial charge >= 0.3 is 17.9 Å². The van der Waals surface area contributed by atoms with Gasteiger partial charge in [-0.1, -0.05) is 272 Å². The molecule has 368 valence electrons. The van der Waals surface area contributed by atoms with E-state index in [9.17, 15) is 14.4 Å². The van der Waals surface area contributed by atoms with Crippen molar-refractivity contribution in [1.29, 1.82) is 0 Å². The molecule has 0 fully saturated rings. The van der Waals surface area contributed by atoms with E-state index in [1.54, 1.807) is 0 Å². The molecular formula is C56H108O6. The molecule has 0 spiro atoms.